The lowest BCUT2D eigenvalue weighted by Crippen LogP contribution is -2.29. The van der Waals surface area contributed by atoms with E-state index in [4.69, 9.17) is 0 Å². The van der Waals surface area contributed by atoms with E-state index >= 15 is 0 Å². The first kappa shape index (κ1) is 12.7. The third kappa shape index (κ3) is 2.67. The van der Waals surface area contributed by atoms with Gasteiger partial charge in [0.2, 0.25) is 0 Å². The maximum absolute atomic E-state index is 11.3. The fourth-order valence-corrected chi connectivity index (χ4v) is 3.95. The zero-order valence-corrected chi connectivity index (χ0v) is 11.8. The van der Waals surface area contributed by atoms with Crippen LogP contribution in [0.5, 0.6) is 0 Å². The van der Waals surface area contributed by atoms with E-state index in [2.05, 4.69) is 35.5 Å². The van der Waals surface area contributed by atoms with E-state index in [1.807, 2.05) is 0 Å². The van der Waals surface area contributed by atoms with Gasteiger partial charge < -0.3 is 10.2 Å². The molecule has 1 atom stereocenters. The summed E-state index contributed by atoms with van der Waals surface area (Å²) in [5.74, 6) is 0.181. The van der Waals surface area contributed by atoms with Crippen molar-refractivity contribution in [2.24, 2.45) is 0 Å². The van der Waals surface area contributed by atoms with Gasteiger partial charge >= 0.3 is 0 Å². The van der Waals surface area contributed by atoms with Gasteiger partial charge in [-0.15, -0.1) is 0 Å². The van der Waals surface area contributed by atoms with Gasteiger partial charge in [0, 0.05) is 37.3 Å². The van der Waals surface area contributed by atoms with E-state index < -0.39 is 9.84 Å². The number of nitrogens with zero attached hydrogens (tertiary/aromatic N) is 1. The van der Waals surface area contributed by atoms with Crippen molar-refractivity contribution in [3.05, 3.63) is 40.8 Å². The summed E-state index contributed by atoms with van der Waals surface area (Å²) < 4.78 is 22.6. The van der Waals surface area contributed by atoms with E-state index in [1.165, 1.54) is 22.2 Å². The van der Waals surface area contributed by atoms with Gasteiger partial charge in [0.15, 0.2) is 9.84 Å². The Hall–Kier alpha value is -1.33. The molecule has 1 N–H and O–H groups in total. The Balaban J connectivity index is 1.64. The number of rotatable bonds is 3. The predicted octanol–water partition coefficient (Wildman–Crippen LogP) is 1.08. The quantitative estimate of drug-likeness (QED) is 0.899. The van der Waals surface area contributed by atoms with Crippen molar-refractivity contribution in [3.63, 3.8) is 0 Å². The third-order valence-electron chi connectivity index (χ3n) is 3.77. The van der Waals surface area contributed by atoms with Gasteiger partial charge in [-0.2, -0.15) is 0 Å². The normalized spacial score (nSPS) is 23.8. The second kappa shape index (κ2) is 4.65. The Kier molecular flexibility index (Phi) is 3.11. The predicted molar refractivity (Wildman–Crippen MR) is 77.0 cm³/mol. The standard InChI is InChI=1S/C14H18N2O2S/c1-16-6-4-12-8-11(2-3-14(12)16)9-15-13-5-7-19(17,18)10-13/h2-3,5,7-8,13,15H,4,6,9-10H2,1H3. The van der Waals surface area contributed by atoms with Crippen molar-refractivity contribution in [2.75, 3.05) is 24.2 Å². The van der Waals surface area contributed by atoms with Crippen LogP contribution in [0.15, 0.2) is 29.7 Å². The van der Waals surface area contributed by atoms with Crippen LogP contribution in [0.2, 0.25) is 0 Å². The Labute approximate surface area is 114 Å². The van der Waals surface area contributed by atoms with Gasteiger partial charge in [-0.25, -0.2) is 8.42 Å². The highest BCUT2D eigenvalue weighted by atomic mass is 32.2. The smallest absolute Gasteiger partial charge is 0.173 e. The summed E-state index contributed by atoms with van der Waals surface area (Å²) in [6.07, 6.45) is 2.83. The van der Waals surface area contributed by atoms with Gasteiger partial charge in [-0.1, -0.05) is 18.2 Å². The number of sulfone groups is 1. The highest BCUT2D eigenvalue weighted by Crippen LogP contribution is 2.27. The monoisotopic (exact) mass is 278 g/mol. The molecule has 0 saturated carbocycles. The van der Waals surface area contributed by atoms with Crippen LogP contribution < -0.4 is 10.2 Å². The molecule has 4 nitrogen and oxygen atoms in total. The van der Waals surface area contributed by atoms with Gasteiger partial charge in [0.05, 0.1) is 5.75 Å². The van der Waals surface area contributed by atoms with Crippen molar-refractivity contribution in [1.29, 1.82) is 0 Å². The van der Waals surface area contributed by atoms with Crippen molar-refractivity contribution >= 4 is 15.5 Å². The molecule has 2 aliphatic heterocycles. The highest BCUT2D eigenvalue weighted by molar-refractivity contribution is 7.94. The lowest BCUT2D eigenvalue weighted by molar-refractivity contribution is 0.590. The number of anilines is 1. The summed E-state index contributed by atoms with van der Waals surface area (Å²) in [6, 6.07) is 6.43. The topological polar surface area (TPSA) is 49.4 Å². The molecule has 0 radical (unpaired) electrons. The fraction of sp³-hybridized carbons (Fsp3) is 0.429. The summed E-state index contributed by atoms with van der Waals surface area (Å²) >= 11 is 0. The van der Waals surface area contributed by atoms with Gasteiger partial charge in [0.1, 0.15) is 0 Å². The molecule has 19 heavy (non-hydrogen) atoms. The molecule has 1 unspecified atom stereocenters. The van der Waals surface area contributed by atoms with Crippen molar-refractivity contribution < 1.29 is 8.42 Å². The third-order valence-corrected chi connectivity index (χ3v) is 5.17. The molecule has 0 bridgehead atoms. The molecule has 5 heteroatoms. The number of likely N-dealkylation sites (N-methyl/N-ethyl adjacent to an activating group) is 1. The van der Waals surface area contributed by atoms with Gasteiger partial charge in [0.25, 0.3) is 0 Å². The second-order valence-corrected chi connectivity index (χ2v) is 7.21. The lowest BCUT2D eigenvalue weighted by atomic mass is 10.1. The average Bonchev–Trinajstić information content (AvgIpc) is 2.90. The minimum absolute atomic E-state index is 0.0547. The van der Waals surface area contributed by atoms with Crippen LogP contribution in [0.3, 0.4) is 0 Å². The number of benzene rings is 1. The van der Waals surface area contributed by atoms with Crippen LogP contribution >= 0.6 is 0 Å². The fourth-order valence-electron chi connectivity index (χ4n) is 2.68. The van der Waals surface area contributed by atoms with Crippen molar-refractivity contribution in [3.8, 4) is 0 Å². The molecule has 1 aromatic rings. The zero-order valence-electron chi connectivity index (χ0n) is 11.0. The summed E-state index contributed by atoms with van der Waals surface area (Å²) in [7, 11) is -0.857. The van der Waals surface area contributed by atoms with Gasteiger partial charge in [-0.05, 0) is 23.6 Å². The number of hydrogen-bond donors (Lipinski definition) is 1. The van der Waals surface area contributed by atoms with E-state index in [9.17, 15) is 8.42 Å². The SMILES string of the molecule is CN1CCc2cc(CNC3C=CS(=O)(=O)C3)ccc21. The first-order valence-corrected chi connectivity index (χ1v) is 8.22. The second-order valence-electron chi connectivity index (χ2n) is 5.28. The van der Waals surface area contributed by atoms with Crippen LogP contribution in [0.1, 0.15) is 11.1 Å². The summed E-state index contributed by atoms with van der Waals surface area (Å²) in [4.78, 5) is 2.26. The summed E-state index contributed by atoms with van der Waals surface area (Å²) in [5.41, 5.74) is 3.91. The van der Waals surface area contributed by atoms with E-state index in [-0.39, 0.29) is 11.8 Å². The molecule has 0 aromatic heterocycles. The molecule has 2 aliphatic rings. The molecule has 0 saturated heterocycles. The molecule has 3 rings (SSSR count). The molecular formula is C14H18N2O2S. The lowest BCUT2D eigenvalue weighted by Gasteiger charge is -2.13. The first-order chi connectivity index (χ1) is 9.03. The Morgan fingerprint density at radius 3 is 3.00 bits per heavy atom. The summed E-state index contributed by atoms with van der Waals surface area (Å²) in [6.45, 7) is 1.79. The summed E-state index contributed by atoms with van der Waals surface area (Å²) in [5, 5.41) is 4.58. The van der Waals surface area contributed by atoms with Crippen molar-refractivity contribution in [2.45, 2.75) is 19.0 Å². The van der Waals surface area contributed by atoms with Crippen molar-refractivity contribution in [1.82, 2.24) is 5.32 Å². The minimum Gasteiger partial charge on any atom is -0.374 e. The largest absolute Gasteiger partial charge is 0.374 e. The molecule has 1 aromatic carbocycles. The van der Waals surface area contributed by atoms with Crippen LogP contribution in [0.25, 0.3) is 0 Å². The van der Waals surface area contributed by atoms with Crippen LogP contribution in [0.4, 0.5) is 5.69 Å². The highest BCUT2D eigenvalue weighted by Gasteiger charge is 2.21. The average molecular weight is 278 g/mol. The molecule has 2 heterocycles. The Morgan fingerprint density at radius 2 is 2.26 bits per heavy atom. The van der Waals surface area contributed by atoms with Crippen LogP contribution in [-0.4, -0.2) is 33.8 Å². The molecule has 0 aliphatic carbocycles. The van der Waals surface area contributed by atoms with Crippen LogP contribution in [-0.2, 0) is 22.8 Å². The Bertz CT molecular complexity index is 622. The molecule has 0 spiro atoms. The van der Waals surface area contributed by atoms with E-state index in [0.29, 0.717) is 6.54 Å². The Morgan fingerprint density at radius 1 is 1.42 bits per heavy atom. The minimum atomic E-state index is -2.97. The zero-order chi connectivity index (χ0) is 13.5. The maximum Gasteiger partial charge on any atom is 0.173 e. The molecule has 0 fully saturated rings. The molecule has 0 amide bonds. The first-order valence-electron chi connectivity index (χ1n) is 6.51. The van der Waals surface area contributed by atoms with Crippen LogP contribution in [0, 0.1) is 0 Å². The van der Waals surface area contributed by atoms with Gasteiger partial charge in [-0.3, -0.25) is 0 Å². The number of hydrogen-bond acceptors (Lipinski definition) is 4. The number of fused-ring (bicyclic) bond motifs is 1. The van der Waals surface area contributed by atoms with E-state index in [1.54, 1.807) is 6.08 Å². The molecule has 102 valence electrons. The number of nitrogens with one attached hydrogen (secondary N) is 1. The molecular weight excluding hydrogens is 260 g/mol. The maximum atomic E-state index is 11.3. The van der Waals surface area contributed by atoms with E-state index in [0.717, 1.165) is 13.0 Å².